The van der Waals surface area contributed by atoms with Gasteiger partial charge in [-0.15, -0.1) is 24.2 Å². The number of piperidine rings is 1. The molecule has 0 saturated carbocycles. The Hall–Kier alpha value is -1.90. The number of hydrogen-bond acceptors (Lipinski definition) is 4. The topological polar surface area (TPSA) is 41.6 Å². The molecule has 2 aromatic rings. The second-order valence-corrected chi connectivity index (χ2v) is 8.03. The first-order valence-corrected chi connectivity index (χ1v) is 10.6. The van der Waals surface area contributed by atoms with Gasteiger partial charge in [-0.05, 0) is 50.3 Å². The standard InChI is InChI=1S/C22H25F3N2O2S.ClH/c1-27-11-7-10-21(14-27,15-8-5-4-6-9-15)26-20(28)19-17(29-2)12-16(22(23,24)25)13-18(19)30-3;/h4-6,8-9,12-13H,7,10-11,14H2,1-3H3,(H,26,28);1H/t21-;/m0./s1/i1D3;. The largest absolute Gasteiger partial charge is 0.496 e. The van der Waals surface area contributed by atoms with E-state index in [0.717, 1.165) is 29.5 Å². The molecule has 0 unspecified atom stereocenters. The van der Waals surface area contributed by atoms with Crippen LogP contribution in [0, 0.1) is 0 Å². The number of carbonyl (C=O) groups excluding carboxylic acids is 1. The first-order valence-electron chi connectivity index (χ1n) is 10.9. The third-order valence-electron chi connectivity index (χ3n) is 5.23. The number of benzene rings is 2. The molecule has 4 nitrogen and oxygen atoms in total. The average Bonchev–Trinajstić information content (AvgIpc) is 2.77. The summed E-state index contributed by atoms with van der Waals surface area (Å²) in [6.07, 6.45) is -2.02. The number of carbonyl (C=O) groups is 1. The van der Waals surface area contributed by atoms with Gasteiger partial charge in [0.1, 0.15) is 5.75 Å². The highest BCUT2D eigenvalue weighted by molar-refractivity contribution is 7.98. The molecule has 9 heteroatoms. The fraction of sp³-hybridized carbons (Fsp3) is 0.409. The number of thioether (sulfide) groups is 1. The second kappa shape index (κ2) is 10.1. The van der Waals surface area contributed by atoms with Crippen molar-refractivity contribution in [2.45, 2.75) is 29.5 Å². The van der Waals surface area contributed by atoms with Crippen LogP contribution >= 0.6 is 24.2 Å². The Morgan fingerprint density at radius 1 is 1.29 bits per heavy atom. The number of hydrogen-bond donors (Lipinski definition) is 1. The van der Waals surface area contributed by atoms with Gasteiger partial charge in [-0.25, -0.2) is 0 Å². The van der Waals surface area contributed by atoms with Gasteiger partial charge in [0.2, 0.25) is 0 Å². The maximum atomic E-state index is 13.5. The lowest BCUT2D eigenvalue weighted by Crippen LogP contribution is -2.55. The average molecular weight is 478 g/mol. The Bertz CT molecular complexity index is 984. The third kappa shape index (κ3) is 5.48. The van der Waals surface area contributed by atoms with Crippen molar-refractivity contribution >= 4 is 30.1 Å². The van der Waals surface area contributed by atoms with Crippen molar-refractivity contribution in [1.82, 2.24) is 10.2 Å². The van der Waals surface area contributed by atoms with E-state index in [1.165, 1.54) is 12.0 Å². The fourth-order valence-electron chi connectivity index (χ4n) is 3.80. The Labute approximate surface area is 195 Å². The van der Waals surface area contributed by atoms with Gasteiger partial charge >= 0.3 is 6.18 Å². The summed E-state index contributed by atoms with van der Waals surface area (Å²) in [5, 5.41) is 2.97. The summed E-state index contributed by atoms with van der Waals surface area (Å²) in [6, 6.07) is 10.7. The molecule has 0 spiro atoms. The van der Waals surface area contributed by atoms with Gasteiger partial charge in [-0.2, -0.15) is 13.2 Å². The van der Waals surface area contributed by atoms with Crippen LogP contribution in [0.1, 0.15) is 38.4 Å². The molecule has 31 heavy (non-hydrogen) atoms. The van der Waals surface area contributed by atoms with Crippen molar-refractivity contribution < 1.29 is 26.8 Å². The Morgan fingerprint density at radius 2 is 2.00 bits per heavy atom. The van der Waals surface area contributed by atoms with Crippen LogP contribution in [0.25, 0.3) is 0 Å². The number of amides is 1. The Balaban J connectivity index is 0.00000408. The summed E-state index contributed by atoms with van der Waals surface area (Å²) in [4.78, 5) is 15.0. The van der Waals surface area contributed by atoms with Crippen molar-refractivity contribution in [3.05, 3.63) is 59.2 Å². The minimum atomic E-state index is -4.60. The van der Waals surface area contributed by atoms with E-state index in [4.69, 9.17) is 8.85 Å². The number of alkyl halides is 3. The van der Waals surface area contributed by atoms with Crippen LogP contribution in [0.15, 0.2) is 47.4 Å². The zero-order valence-electron chi connectivity index (χ0n) is 20.1. The van der Waals surface area contributed by atoms with E-state index in [1.807, 2.05) is 18.2 Å². The van der Waals surface area contributed by atoms with Crippen LogP contribution in [-0.4, -0.2) is 44.2 Å². The number of ether oxygens (including phenoxy) is 1. The van der Waals surface area contributed by atoms with E-state index in [-0.39, 0.29) is 35.2 Å². The van der Waals surface area contributed by atoms with Gasteiger partial charge < -0.3 is 15.0 Å². The molecule has 1 aliphatic heterocycles. The molecule has 2 aromatic carbocycles. The van der Waals surface area contributed by atoms with Crippen molar-refractivity contribution in [1.29, 1.82) is 0 Å². The van der Waals surface area contributed by atoms with Gasteiger partial charge in [0.25, 0.3) is 5.91 Å². The van der Waals surface area contributed by atoms with Gasteiger partial charge in [0.15, 0.2) is 0 Å². The normalized spacial score (nSPS) is 21.3. The molecule has 3 rings (SSSR count). The number of halogens is 4. The van der Waals surface area contributed by atoms with Crippen LogP contribution in [0.4, 0.5) is 13.2 Å². The van der Waals surface area contributed by atoms with E-state index in [2.05, 4.69) is 5.32 Å². The highest BCUT2D eigenvalue weighted by Gasteiger charge is 2.39. The van der Waals surface area contributed by atoms with Crippen LogP contribution in [0.3, 0.4) is 0 Å². The molecule has 0 bridgehead atoms. The van der Waals surface area contributed by atoms with E-state index in [9.17, 15) is 18.0 Å². The maximum Gasteiger partial charge on any atom is 0.416 e. The fourth-order valence-corrected chi connectivity index (χ4v) is 4.44. The SMILES string of the molecule is Cl.[2H]C([2H])([2H])N1CCC[C@@](NC(=O)c2c(OC)cc(C(F)(F)F)cc2SC)(c2ccccc2)C1. The number of nitrogens with zero attached hydrogens (tertiary/aromatic N) is 1. The molecule has 1 N–H and O–H groups in total. The van der Waals surface area contributed by atoms with Crippen LogP contribution in [0.2, 0.25) is 0 Å². The lowest BCUT2D eigenvalue weighted by atomic mass is 9.82. The summed E-state index contributed by atoms with van der Waals surface area (Å²) in [7, 11) is 1.21. The minimum absolute atomic E-state index is 0. The number of rotatable bonds is 5. The third-order valence-corrected chi connectivity index (χ3v) is 5.99. The highest BCUT2D eigenvalue weighted by Crippen LogP contribution is 2.39. The molecule has 1 saturated heterocycles. The summed E-state index contributed by atoms with van der Waals surface area (Å²) in [5.41, 5.74) is -1.23. The minimum Gasteiger partial charge on any atom is -0.496 e. The first kappa shape index (κ1) is 21.0. The second-order valence-electron chi connectivity index (χ2n) is 7.18. The Morgan fingerprint density at radius 3 is 2.58 bits per heavy atom. The maximum absolute atomic E-state index is 13.5. The van der Waals surface area contributed by atoms with Gasteiger partial charge in [0.05, 0.1) is 23.8 Å². The van der Waals surface area contributed by atoms with Gasteiger partial charge in [-0.3, -0.25) is 4.79 Å². The zero-order valence-corrected chi connectivity index (χ0v) is 18.7. The molecule has 1 aliphatic rings. The predicted molar refractivity (Wildman–Crippen MR) is 119 cm³/mol. The van der Waals surface area contributed by atoms with Crippen molar-refractivity contribution in [2.24, 2.45) is 0 Å². The monoisotopic (exact) mass is 477 g/mol. The summed E-state index contributed by atoms with van der Waals surface area (Å²) < 4.78 is 68.7. The van der Waals surface area contributed by atoms with Gasteiger partial charge in [0, 0.05) is 15.6 Å². The molecule has 1 amide bonds. The number of likely N-dealkylation sites (tertiary alicyclic amines) is 1. The van der Waals surface area contributed by atoms with Crippen LogP contribution in [-0.2, 0) is 11.7 Å². The predicted octanol–water partition coefficient (Wildman–Crippen LogP) is 5.21. The van der Waals surface area contributed by atoms with E-state index >= 15 is 0 Å². The summed E-state index contributed by atoms with van der Waals surface area (Å²) in [6.45, 7) is -1.96. The van der Waals surface area contributed by atoms with Crippen LogP contribution < -0.4 is 10.1 Å². The molecule has 170 valence electrons. The van der Waals surface area contributed by atoms with Crippen molar-refractivity contribution in [2.75, 3.05) is 33.4 Å². The summed E-state index contributed by atoms with van der Waals surface area (Å²) >= 11 is 1.00. The summed E-state index contributed by atoms with van der Waals surface area (Å²) in [5.74, 6) is -0.820. The number of nitrogens with one attached hydrogen (secondary N) is 1. The lowest BCUT2D eigenvalue weighted by molar-refractivity contribution is -0.137. The van der Waals surface area contributed by atoms with Crippen molar-refractivity contribution in [3.63, 3.8) is 0 Å². The molecule has 0 radical (unpaired) electrons. The molecular formula is C22H26ClF3N2O2S. The Kier molecular flexibility index (Phi) is 6.86. The smallest absolute Gasteiger partial charge is 0.416 e. The van der Waals surface area contributed by atoms with Crippen LogP contribution in [0.5, 0.6) is 5.75 Å². The number of likely N-dealkylation sites (N-methyl/N-ethyl adjacent to an activating group) is 1. The molecule has 0 aliphatic carbocycles. The molecular weight excluding hydrogens is 449 g/mol. The number of methoxy groups -OCH3 is 1. The molecule has 1 fully saturated rings. The lowest BCUT2D eigenvalue weighted by Gasteiger charge is -2.42. The van der Waals surface area contributed by atoms with Crippen molar-refractivity contribution in [3.8, 4) is 5.75 Å². The highest BCUT2D eigenvalue weighted by atomic mass is 35.5. The first-order chi connectivity index (χ1) is 15.4. The quantitative estimate of drug-likeness (QED) is 0.600. The van der Waals surface area contributed by atoms with E-state index in [1.54, 1.807) is 18.4 Å². The van der Waals surface area contributed by atoms with E-state index < -0.39 is 30.2 Å². The molecule has 1 heterocycles. The van der Waals surface area contributed by atoms with E-state index in [0.29, 0.717) is 19.4 Å². The molecule has 0 aromatic heterocycles. The van der Waals surface area contributed by atoms with Gasteiger partial charge in [-0.1, -0.05) is 30.3 Å². The molecule has 1 atom stereocenters. The zero-order chi connectivity index (χ0) is 24.4.